The van der Waals surface area contributed by atoms with Crippen LogP contribution in [-0.2, 0) is 0 Å². The van der Waals surface area contributed by atoms with Crippen LogP contribution in [0.5, 0.6) is 0 Å². The zero-order valence-corrected chi connectivity index (χ0v) is 13.5. The average molecular weight is 280 g/mol. The van der Waals surface area contributed by atoms with Gasteiger partial charge in [-0.25, -0.2) is 0 Å². The highest BCUT2D eigenvalue weighted by atomic mass is 15.2. The van der Waals surface area contributed by atoms with Gasteiger partial charge < -0.3 is 15.5 Å². The van der Waals surface area contributed by atoms with Crippen molar-refractivity contribution in [2.24, 2.45) is 10.9 Å². The Morgan fingerprint density at radius 3 is 2.30 bits per heavy atom. The summed E-state index contributed by atoms with van der Waals surface area (Å²) in [6, 6.07) is 1.51. The van der Waals surface area contributed by atoms with Crippen LogP contribution in [0.4, 0.5) is 0 Å². The van der Waals surface area contributed by atoms with Gasteiger partial charge in [-0.3, -0.25) is 4.99 Å². The van der Waals surface area contributed by atoms with Crippen molar-refractivity contribution in [3.63, 3.8) is 0 Å². The minimum atomic E-state index is 0.595. The molecular weight excluding hydrogens is 248 g/mol. The first kappa shape index (κ1) is 15.6. The predicted molar refractivity (Wildman–Crippen MR) is 86.2 cm³/mol. The molecule has 2 N–H and O–H groups in total. The van der Waals surface area contributed by atoms with Crippen molar-refractivity contribution in [3.8, 4) is 0 Å². The molecule has 0 spiro atoms. The molecule has 2 rings (SSSR count). The number of piperidine rings is 1. The lowest BCUT2D eigenvalue weighted by atomic mass is 10.0. The van der Waals surface area contributed by atoms with Crippen LogP contribution in [0.1, 0.15) is 52.4 Å². The summed E-state index contributed by atoms with van der Waals surface area (Å²) < 4.78 is 0. The maximum Gasteiger partial charge on any atom is 0.191 e. The molecule has 0 amide bonds. The SMILES string of the molecule is CCC(CC)CNC(=NC)NC1CCN(C2CC2)CC1. The number of likely N-dealkylation sites (tertiary alicyclic amines) is 1. The van der Waals surface area contributed by atoms with E-state index in [4.69, 9.17) is 0 Å². The maximum absolute atomic E-state index is 4.37. The number of aliphatic imine (C=N–C) groups is 1. The quantitative estimate of drug-likeness (QED) is 0.579. The number of nitrogens with zero attached hydrogens (tertiary/aromatic N) is 2. The molecule has 1 saturated heterocycles. The third-order valence-corrected chi connectivity index (χ3v) is 4.87. The standard InChI is InChI=1S/C16H32N4/c1-4-13(5-2)12-18-16(17-3)19-14-8-10-20(11-9-14)15-6-7-15/h13-15H,4-12H2,1-3H3,(H2,17,18,19). The highest BCUT2D eigenvalue weighted by Gasteiger charge is 2.31. The molecule has 0 aromatic heterocycles. The van der Waals surface area contributed by atoms with Crippen molar-refractivity contribution in [1.29, 1.82) is 0 Å². The van der Waals surface area contributed by atoms with E-state index in [1.165, 1.54) is 51.6 Å². The van der Waals surface area contributed by atoms with Gasteiger partial charge in [0.1, 0.15) is 0 Å². The van der Waals surface area contributed by atoms with Crippen LogP contribution in [0.2, 0.25) is 0 Å². The van der Waals surface area contributed by atoms with E-state index in [1.807, 2.05) is 7.05 Å². The first-order chi connectivity index (χ1) is 9.76. The van der Waals surface area contributed by atoms with Crippen molar-refractivity contribution in [2.75, 3.05) is 26.7 Å². The molecule has 4 heteroatoms. The highest BCUT2D eigenvalue weighted by Crippen LogP contribution is 2.29. The second-order valence-electron chi connectivity index (χ2n) is 6.32. The molecule has 0 radical (unpaired) electrons. The Balaban J connectivity index is 1.68. The normalized spacial score (nSPS) is 22.3. The molecule has 0 unspecified atom stereocenters. The molecule has 0 bridgehead atoms. The van der Waals surface area contributed by atoms with Gasteiger partial charge in [-0.05, 0) is 31.6 Å². The van der Waals surface area contributed by atoms with Crippen molar-refractivity contribution < 1.29 is 0 Å². The van der Waals surface area contributed by atoms with Crippen LogP contribution in [-0.4, -0.2) is 49.6 Å². The Morgan fingerprint density at radius 2 is 1.80 bits per heavy atom. The van der Waals surface area contributed by atoms with Crippen molar-refractivity contribution in [3.05, 3.63) is 0 Å². The third kappa shape index (κ3) is 4.65. The highest BCUT2D eigenvalue weighted by molar-refractivity contribution is 5.79. The second-order valence-corrected chi connectivity index (χ2v) is 6.32. The number of rotatable bonds is 6. The van der Waals surface area contributed by atoms with E-state index in [-0.39, 0.29) is 0 Å². The van der Waals surface area contributed by atoms with Crippen LogP contribution in [0.3, 0.4) is 0 Å². The minimum Gasteiger partial charge on any atom is -0.356 e. The molecule has 4 nitrogen and oxygen atoms in total. The summed E-state index contributed by atoms with van der Waals surface area (Å²) >= 11 is 0. The van der Waals surface area contributed by atoms with Crippen molar-refractivity contribution >= 4 is 5.96 Å². The van der Waals surface area contributed by atoms with Gasteiger partial charge >= 0.3 is 0 Å². The summed E-state index contributed by atoms with van der Waals surface area (Å²) in [5, 5.41) is 7.09. The van der Waals surface area contributed by atoms with Gasteiger partial charge in [0.15, 0.2) is 5.96 Å². The zero-order chi connectivity index (χ0) is 14.4. The fraction of sp³-hybridized carbons (Fsp3) is 0.938. The maximum atomic E-state index is 4.37. The summed E-state index contributed by atoms with van der Waals surface area (Å²) in [6.45, 7) is 8.07. The minimum absolute atomic E-state index is 0.595. The van der Waals surface area contributed by atoms with Gasteiger partial charge in [0.05, 0.1) is 0 Å². The molecule has 2 aliphatic rings. The van der Waals surface area contributed by atoms with Gasteiger partial charge in [-0.2, -0.15) is 0 Å². The van der Waals surface area contributed by atoms with E-state index in [0.29, 0.717) is 6.04 Å². The van der Waals surface area contributed by atoms with Gasteiger partial charge in [0.25, 0.3) is 0 Å². The fourth-order valence-corrected chi connectivity index (χ4v) is 3.05. The predicted octanol–water partition coefficient (Wildman–Crippen LogP) is 2.21. The molecule has 2 fully saturated rings. The summed E-state index contributed by atoms with van der Waals surface area (Å²) in [6.07, 6.45) is 7.83. The van der Waals surface area contributed by atoms with Gasteiger partial charge in [-0.15, -0.1) is 0 Å². The molecule has 20 heavy (non-hydrogen) atoms. The first-order valence-electron chi connectivity index (χ1n) is 8.48. The average Bonchev–Trinajstić information content (AvgIpc) is 3.32. The number of guanidine groups is 1. The van der Waals surface area contributed by atoms with Gasteiger partial charge in [-0.1, -0.05) is 26.7 Å². The molecule has 116 valence electrons. The molecule has 1 heterocycles. The topological polar surface area (TPSA) is 39.7 Å². The van der Waals surface area contributed by atoms with Gasteiger partial charge in [0.2, 0.25) is 0 Å². The van der Waals surface area contributed by atoms with Crippen LogP contribution in [0.25, 0.3) is 0 Å². The van der Waals surface area contributed by atoms with Crippen LogP contribution in [0, 0.1) is 5.92 Å². The molecule has 0 aromatic rings. The molecule has 0 atom stereocenters. The summed E-state index contributed by atoms with van der Waals surface area (Å²) in [7, 11) is 1.88. The number of hydrogen-bond donors (Lipinski definition) is 2. The van der Waals surface area contributed by atoms with E-state index in [2.05, 4.69) is 34.4 Å². The molecule has 1 saturated carbocycles. The van der Waals surface area contributed by atoms with Crippen LogP contribution in [0.15, 0.2) is 4.99 Å². The Morgan fingerprint density at radius 1 is 1.15 bits per heavy atom. The number of hydrogen-bond acceptors (Lipinski definition) is 2. The van der Waals surface area contributed by atoms with E-state index < -0.39 is 0 Å². The lowest BCUT2D eigenvalue weighted by Crippen LogP contribution is -2.49. The Hall–Kier alpha value is -0.770. The second kappa shape index (κ2) is 7.87. The molecule has 0 aromatic carbocycles. The van der Waals surface area contributed by atoms with Crippen molar-refractivity contribution in [1.82, 2.24) is 15.5 Å². The lowest BCUT2D eigenvalue weighted by molar-refractivity contribution is 0.197. The van der Waals surface area contributed by atoms with E-state index in [1.54, 1.807) is 0 Å². The Kier molecular flexibility index (Phi) is 6.14. The van der Waals surface area contributed by atoms with E-state index in [0.717, 1.165) is 24.5 Å². The zero-order valence-electron chi connectivity index (χ0n) is 13.5. The fourth-order valence-electron chi connectivity index (χ4n) is 3.05. The summed E-state index contributed by atoms with van der Waals surface area (Å²) in [5.41, 5.74) is 0. The largest absolute Gasteiger partial charge is 0.356 e. The van der Waals surface area contributed by atoms with Crippen molar-refractivity contribution in [2.45, 2.75) is 64.5 Å². The molecule has 1 aliphatic carbocycles. The molecule has 1 aliphatic heterocycles. The Labute approximate surface area is 124 Å². The Bertz CT molecular complexity index is 300. The molecular formula is C16H32N4. The summed E-state index contributed by atoms with van der Waals surface area (Å²) in [4.78, 5) is 7.04. The first-order valence-corrected chi connectivity index (χ1v) is 8.48. The van der Waals surface area contributed by atoms with Crippen LogP contribution < -0.4 is 10.6 Å². The van der Waals surface area contributed by atoms with Gasteiger partial charge in [0, 0.05) is 38.8 Å². The monoisotopic (exact) mass is 280 g/mol. The third-order valence-electron chi connectivity index (χ3n) is 4.87. The van der Waals surface area contributed by atoms with Crippen LogP contribution >= 0.6 is 0 Å². The number of nitrogens with one attached hydrogen (secondary N) is 2. The summed E-state index contributed by atoms with van der Waals surface area (Å²) in [5.74, 6) is 1.74. The lowest BCUT2D eigenvalue weighted by Gasteiger charge is -2.33. The van der Waals surface area contributed by atoms with E-state index in [9.17, 15) is 0 Å². The smallest absolute Gasteiger partial charge is 0.191 e. The van der Waals surface area contributed by atoms with E-state index >= 15 is 0 Å².